The van der Waals surface area contributed by atoms with Crippen molar-refractivity contribution in [1.29, 1.82) is 0 Å². The van der Waals surface area contributed by atoms with Crippen LogP contribution in [0.3, 0.4) is 0 Å². The summed E-state index contributed by atoms with van der Waals surface area (Å²) in [6.45, 7) is 1.61. The van der Waals surface area contributed by atoms with Crippen molar-refractivity contribution in [2.45, 2.75) is 18.9 Å². The number of carbonyl (C=O) groups excluding carboxylic acids is 3. The Kier molecular flexibility index (Phi) is 7.21. The zero-order valence-electron chi connectivity index (χ0n) is 14.2. The summed E-state index contributed by atoms with van der Waals surface area (Å²) in [7, 11) is 1.52. The highest BCUT2D eigenvalue weighted by Crippen LogP contribution is 2.10. The number of halogens is 1. The normalized spacial score (nSPS) is 17.7. The highest BCUT2D eigenvalue weighted by molar-refractivity contribution is 6.30. The Morgan fingerprint density at radius 2 is 2.00 bits per heavy atom. The van der Waals surface area contributed by atoms with Crippen LogP contribution in [0, 0.1) is 0 Å². The summed E-state index contributed by atoms with van der Waals surface area (Å²) in [5.74, 6) is -0.607. The first kappa shape index (κ1) is 19.2. The third kappa shape index (κ3) is 6.03. The fourth-order valence-corrected chi connectivity index (χ4v) is 2.81. The number of benzene rings is 1. The summed E-state index contributed by atoms with van der Waals surface area (Å²) < 4.78 is 0. The van der Waals surface area contributed by atoms with Gasteiger partial charge in [0.05, 0.1) is 19.0 Å². The molecular formula is C17H23ClN4O3. The molecule has 0 saturated carbocycles. The number of nitrogens with one attached hydrogen (secondary N) is 3. The summed E-state index contributed by atoms with van der Waals surface area (Å²) in [5.41, 5.74) is 1.08. The first-order valence-electron chi connectivity index (χ1n) is 8.23. The van der Waals surface area contributed by atoms with E-state index in [1.165, 1.54) is 7.05 Å². The van der Waals surface area contributed by atoms with Crippen LogP contribution in [0.1, 0.15) is 12.0 Å². The van der Waals surface area contributed by atoms with E-state index in [0.717, 1.165) is 5.56 Å². The first-order valence-corrected chi connectivity index (χ1v) is 8.61. The van der Waals surface area contributed by atoms with Gasteiger partial charge < -0.3 is 16.0 Å². The van der Waals surface area contributed by atoms with E-state index >= 15 is 0 Å². The van der Waals surface area contributed by atoms with E-state index in [2.05, 4.69) is 16.0 Å². The Hall–Kier alpha value is -2.12. The predicted molar refractivity (Wildman–Crippen MR) is 95.2 cm³/mol. The molecule has 3 amide bonds. The molecule has 136 valence electrons. The number of amides is 3. The highest BCUT2D eigenvalue weighted by Gasteiger charge is 2.32. The minimum atomic E-state index is -0.615. The van der Waals surface area contributed by atoms with Crippen molar-refractivity contribution in [3.8, 4) is 0 Å². The van der Waals surface area contributed by atoms with E-state index in [0.29, 0.717) is 31.1 Å². The molecule has 0 spiro atoms. The van der Waals surface area contributed by atoms with E-state index in [-0.39, 0.29) is 30.7 Å². The van der Waals surface area contributed by atoms with Gasteiger partial charge in [0, 0.05) is 31.7 Å². The van der Waals surface area contributed by atoms with Crippen molar-refractivity contribution in [2.75, 3.05) is 33.2 Å². The smallest absolute Gasteiger partial charge is 0.237 e. The monoisotopic (exact) mass is 366 g/mol. The topological polar surface area (TPSA) is 90.5 Å². The molecular weight excluding hydrogens is 344 g/mol. The third-order valence-electron chi connectivity index (χ3n) is 4.10. The van der Waals surface area contributed by atoms with Crippen molar-refractivity contribution < 1.29 is 14.4 Å². The fraction of sp³-hybridized carbons (Fsp3) is 0.471. The van der Waals surface area contributed by atoms with E-state index < -0.39 is 6.04 Å². The maximum absolute atomic E-state index is 12.2. The first-order chi connectivity index (χ1) is 12.0. The lowest BCUT2D eigenvalue weighted by atomic mass is 10.1. The average Bonchev–Trinajstić information content (AvgIpc) is 2.59. The molecule has 3 N–H and O–H groups in total. The maximum atomic E-state index is 12.2. The second kappa shape index (κ2) is 9.39. The molecule has 8 heteroatoms. The van der Waals surface area contributed by atoms with Gasteiger partial charge >= 0.3 is 0 Å². The molecule has 1 unspecified atom stereocenters. The molecule has 0 bridgehead atoms. The van der Waals surface area contributed by atoms with Gasteiger partial charge in [-0.15, -0.1) is 0 Å². The Morgan fingerprint density at radius 1 is 1.28 bits per heavy atom. The van der Waals surface area contributed by atoms with Crippen molar-refractivity contribution in [1.82, 2.24) is 20.9 Å². The van der Waals surface area contributed by atoms with Crippen LogP contribution >= 0.6 is 11.6 Å². The number of hydrogen-bond acceptors (Lipinski definition) is 4. The lowest BCUT2D eigenvalue weighted by Gasteiger charge is -2.34. The van der Waals surface area contributed by atoms with E-state index in [1.54, 1.807) is 4.90 Å². The van der Waals surface area contributed by atoms with Crippen molar-refractivity contribution in [2.24, 2.45) is 0 Å². The Labute approximate surface area is 152 Å². The van der Waals surface area contributed by atoms with Crippen LogP contribution in [0.25, 0.3) is 0 Å². The van der Waals surface area contributed by atoms with Crippen LogP contribution < -0.4 is 16.0 Å². The molecule has 0 radical (unpaired) electrons. The molecule has 7 nitrogen and oxygen atoms in total. The number of hydrogen-bond donors (Lipinski definition) is 3. The molecule has 0 aromatic heterocycles. The summed E-state index contributed by atoms with van der Waals surface area (Å²) in [6, 6.07) is 6.85. The van der Waals surface area contributed by atoms with Gasteiger partial charge in [0.25, 0.3) is 0 Å². The lowest BCUT2D eigenvalue weighted by Crippen LogP contribution is -2.58. The van der Waals surface area contributed by atoms with E-state index in [4.69, 9.17) is 11.6 Å². The molecule has 1 heterocycles. The summed E-state index contributed by atoms with van der Waals surface area (Å²) >= 11 is 5.84. The third-order valence-corrected chi connectivity index (χ3v) is 4.35. The minimum Gasteiger partial charge on any atom is -0.359 e. The standard InChI is InChI=1S/C17H23ClN4O3/c1-19-15(23)10-14-17(25)21-8-9-22(14)11-16(24)20-7-6-12-2-4-13(18)5-3-12/h2-5,14H,6-11H2,1H3,(H,19,23)(H,20,24)(H,21,25). The highest BCUT2D eigenvalue weighted by atomic mass is 35.5. The number of piperazine rings is 1. The largest absolute Gasteiger partial charge is 0.359 e. The second-order valence-electron chi connectivity index (χ2n) is 5.88. The van der Waals surface area contributed by atoms with E-state index in [9.17, 15) is 14.4 Å². The Morgan fingerprint density at radius 3 is 2.68 bits per heavy atom. The quantitative estimate of drug-likeness (QED) is 0.630. The second-order valence-corrected chi connectivity index (χ2v) is 6.32. The summed E-state index contributed by atoms with van der Waals surface area (Å²) in [6.07, 6.45) is 0.742. The van der Waals surface area contributed by atoms with Crippen LogP contribution in [-0.4, -0.2) is 61.9 Å². The molecule has 1 aromatic carbocycles. The van der Waals surface area contributed by atoms with Crippen LogP contribution in [0.2, 0.25) is 5.02 Å². The molecule has 0 aliphatic carbocycles. The van der Waals surface area contributed by atoms with Gasteiger partial charge in [-0.2, -0.15) is 0 Å². The number of carbonyl (C=O) groups is 3. The van der Waals surface area contributed by atoms with Gasteiger partial charge in [0.2, 0.25) is 17.7 Å². The lowest BCUT2D eigenvalue weighted by molar-refractivity contribution is -0.135. The molecule has 2 rings (SSSR count). The molecule has 1 aliphatic rings. The molecule has 1 aliphatic heterocycles. The van der Waals surface area contributed by atoms with Crippen molar-refractivity contribution in [3.05, 3.63) is 34.9 Å². The van der Waals surface area contributed by atoms with Crippen LogP contribution in [0.5, 0.6) is 0 Å². The van der Waals surface area contributed by atoms with Gasteiger partial charge in [-0.05, 0) is 24.1 Å². The van der Waals surface area contributed by atoms with Crippen molar-refractivity contribution >= 4 is 29.3 Å². The Bertz CT molecular complexity index is 621. The van der Waals surface area contributed by atoms with Crippen LogP contribution in [0.15, 0.2) is 24.3 Å². The zero-order valence-corrected chi connectivity index (χ0v) is 14.9. The average molecular weight is 367 g/mol. The number of nitrogens with zero attached hydrogens (tertiary/aromatic N) is 1. The van der Waals surface area contributed by atoms with E-state index in [1.807, 2.05) is 24.3 Å². The molecule has 1 aromatic rings. The van der Waals surface area contributed by atoms with Crippen LogP contribution in [-0.2, 0) is 20.8 Å². The van der Waals surface area contributed by atoms with Gasteiger partial charge in [0.1, 0.15) is 0 Å². The van der Waals surface area contributed by atoms with Gasteiger partial charge in [-0.3, -0.25) is 19.3 Å². The summed E-state index contributed by atoms with van der Waals surface area (Å²) in [5, 5.41) is 8.77. The fourth-order valence-electron chi connectivity index (χ4n) is 2.69. The molecule has 25 heavy (non-hydrogen) atoms. The Balaban J connectivity index is 1.81. The van der Waals surface area contributed by atoms with Gasteiger partial charge in [-0.25, -0.2) is 0 Å². The van der Waals surface area contributed by atoms with Gasteiger partial charge in [-0.1, -0.05) is 23.7 Å². The SMILES string of the molecule is CNC(=O)CC1C(=O)NCCN1CC(=O)NCCc1ccc(Cl)cc1. The maximum Gasteiger partial charge on any atom is 0.237 e. The zero-order chi connectivity index (χ0) is 18.2. The van der Waals surface area contributed by atoms with Crippen LogP contribution in [0.4, 0.5) is 0 Å². The number of rotatable bonds is 7. The molecule has 1 fully saturated rings. The molecule has 1 atom stereocenters. The summed E-state index contributed by atoms with van der Waals surface area (Å²) in [4.78, 5) is 37.5. The van der Waals surface area contributed by atoms with Gasteiger partial charge in [0.15, 0.2) is 0 Å². The minimum absolute atomic E-state index is 0.0421. The van der Waals surface area contributed by atoms with Crippen molar-refractivity contribution in [3.63, 3.8) is 0 Å². The predicted octanol–water partition coefficient (Wildman–Crippen LogP) is -0.0648. The molecule has 1 saturated heterocycles.